The standard InChI is InChI=1S/C23H29ClF2N3O8P/c1-13(2)35-20(31)14(3)11-38(33,37-15-7-5-4-6-8-15)34-10-17-18(30)23(24,12-25)21(36-17)29-9-16(26)19(27)28-22(29)32/h4-9,13-14,17-18,21,30H,10-12H2,1-3H3,(H2,27,28,32)/t14-,17-,18+,21-,23?,38+/m1/s1. The number of nitrogens with two attached hydrogens (primary N) is 1. The lowest BCUT2D eigenvalue weighted by molar-refractivity contribution is -0.151. The molecule has 0 spiro atoms. The fourth-order valence-electron chi connectivity index (χ4n) is 3.71. The molecule has 1 aliphatic rings. The number of alkyl halides is 2. The zero-order chi connectivity index (χ0) is 28.3. The summed E-state index contributed by atoms with van der Waals surface area (Å²) in [5.74, 6) is -3.14. The Labute approximate surface area is 222 Å². The molecule has 3 N–H and O–H groups in total. The van der Waals surface area contributed by atoms with E-state index in [0.29, 0.717) is 10.8 Å². The van der Waals surface area contributed by atoms with E-state index in [1.54, 1.807) is 32.0 Å². The molecule has 0 radical (unpaired) electrons. The largest absolute Gasteiger partial charge is 0.463 e. The molecule has 1 saturated heterocycles. The zero-order valence-corrected chi connectivity index (χ0v) is 22.5. The number of nitrogen functional groups attached to an aromatic ring is 1. The second-order valence-electron chi connectivity index (χ2n) is 9.08. The average molecular weight is 580 g/mol. The van der Waals surface area contributed by atoms with E-state index in [2.05, 4.69) is 4.98 Å². The molecule has 0 aliphatic carbocycles. The fourth-order valence-corrected chi connectivity index (χ4v) is 5.88. The van der Waals surface area contributed by atoms with Crippen LogP contribution < -0.4 is 15.9 Å². The topological polar surface area (TPSA) is 152 Å². The maximum absolute atomic E-state index is 14.1. The van der Waals surface area contributed by atoms with Crippen LogP contribution in [0.1, 0.15) is 27.0 Å². The van der Waals surface area contributed by atoms with Crippen LogP contribution >= 0.6 is 19.2 Å². The van der Waals surface area contributed by atoms with Gasteiger partial charge >= 0.3 is 19.3 Å². The number of carbonyl (C=O) groups is 1. The van der Waals surface area contributed by atoms with E-state index in [4.69, 9.17) is 35.9 Å². The van der Waals surface area contributed by atoms with Crippen LogP contribution in [-0.2, 0) is 23.4 Å². The van der Waals surface area contributed by atoms with E-state index in [-0.39, 0.29) is 5.75 Å². The number of anilines is 1. The molecule has 1 fully saturated rings. The van der Waals surface area contributed by atoms with Gasteiger partial charge in [0.15, 0.2) is 17.9 Å². The molecule has 1 aliphatic heterocycles. The van der Waals surface area contributed by atoms with Crippen molar-refractivity contribution in [3.05, 3.63) is 52.8 Å². The minimum atomic E-state index is -4.13. The SMILES string of the molecule is CC(C)OC(=O)[C@H](C)C[P@](=O)(OC[C@H]1O[C@@H](n2cc(F)c(N)nc2=O)C(Cl)(CF)[C@H]1O)Oc1ccccc1. The van der Waals surface area contributed by atoms with Crippen LogP contribution in [0.2, 0.25) is 0 Å². The Kier molecular flexibility index (Phi) is 9.53. The third-order valence-electron chi connectivity index (χ3n) is 5.62. The quantitative estimate of drug-likeness (QED) is 0.231. The molecule has 210 valence electrons. The molecule has 0 amide bonds. The molecule has 38 heavy (non-hydrogen) atoms. The molecule has 15 heteroatoms. The van der Waals surface area contributed by atoms with E-state index in [9.17, 15) is 28.0 Å². The number of aliphatic hydroxyl groups excluding tert-OH is 1. The predicted octanol–water partition coefficient (Wildman–Crippen LogP) is 3.05. The molecule has 3 rings (SSSR count). The van der Waals surface area contributed by atoms with Crippen molar-refractivity contribution in [2.45, 2.75) is 50.2 Å². The lowest BCUT2D eigenvalue weighted by Crippen LogP contribution is -2.46. The van der Waals surface area contributed by atoms with Gasteiger partial charge in [0.25, 0.3) is 0 Å². The van der Waals surface area contributed by atoms with Gasteiger partial charge in [0.05, 0.1) is 31.0 Å². The van der Waals surface area contributed by atoms with Crippen molar-refractivity contribution in [3.8, 4) is 5.75 Å². The van der Waals surface area contributed by atoms with Gasteiger partial charge in [0.2, 0.25) is 0 Å². The van der Waals surface area contributed by atoms with Gasteiger partial charge in [-0.25, -0.2) is 18.1 Å². The Bertz CT molecular complexity index is 1240. The second-order valence-corrected chi connectivity index (χ2v) is 11.8. The molecule has 0 bridgehead atoms. The summed E-state index contributed by atoms with van der Waals surface area (Å²) < 4.78 is 64.3. The van der Waals surface area contributed by atoms with Gasteiger partial charge in [-0.3, -0.25) is 13.9 Å². The van der Waals surface area contributed by atoms with Crippen LogP contribution in [0.4, 0.5) is 14.6 Å². The Balaban J connectivity index is 1.84. The monoisotopic (exact) mass is 579 g/mol. The van der Waals surface area contributed by atoms with E-state index in [0.717, 1.165) is 0 Å². The first-order valence-corrected chi connectivity index (χ1v) is 13.7. The van der Waals surface area contributed by atoms with Gasteiger partial charge in [-0.15, -0.1) is 11.6 Å². The van der Waals surface area contributed by atoms with Crippen molar-refractivity contribution in [3.63, 3.8) is 0 Å². The highest BCUT2D eigenvalue weighted by Gasteiger charge is 2.57. The van der Waals surface area contributed by atoms with Crippen molar-refractivity contribution in [1.29, 1.82) is 0 Å². The number of carbonyl (C=O) groups excluding carboxylic acids is 1. The van der Waals surface area contributed by atoms with Crippen molar-refractivity contribution >= 4 is 31.0 Å². The minimum absolute atomic E-state index is 0.177. The Morgan fingerprint density at radius 2 is 2.00 bits per heavy atom. The van der Waals surface area contributed by atoms with Crippen molar-refractivity contribution in [2.75, 3.05) is 25.2 Å². The number of nitrogens with zero attached hydrogens (tertiary/aromatic N) is 2. The number of ether oxygens (including phenoxy) is 2. The predicted molar refractivity (Wildman–Crippen MR) is 133 cm³/mol. The highest BCUT2D eigenvalue weighted by atomic mass is 35.5. The second kappa shape index (κ2) is 12.1. The highest BCUT2D eigenvalue weighted by Crippen LogP contribution is 2.52. The Hall–Kier alpha value is -2.57. The molecule has 2 heterocycles. The summed E-state index contributed by atoms with van der Waals surface area (Å²) in [6.07, 6.45) is -5.15. The van der Waals surface area contributed by atoms with E-state index >= 15 is 0 Å². The van der Waals surface area contributed by atoms with Gasteiger partial charge in [-0.1, -0.05) is 25.1 Å². The molecular formula is C23H29ClF2N3O8P. The van der Waals surface area contributed by atoms with E-state index in [1.807, 2.05) is 0 Å². The van der Waals surface area contributed by atoms with Crippen LogP contribution in [0.25, 0.3) is 0 Å². The van der Waals surface area contributed by atoms with Crippen LogP contribution in [0, 0.1) is 11.7 Å². The third kappa shape index (κ3) is 6.70. The maximum atomic E-state index is 14.1. The Morgan fingerprint density at radius 1 is 1.34 bits per heavy atom. The van der Waals surface area contributed by atoms with Gasteiger partial charge in [-0.05, 0) is 26.0 Å². The average Bonchev–Trinajstić information content (AvgIpc) is 3.10. The molecule has 2 aromatic rings. The van der Waals surface area contributed by atoms with Gasteiger partial charge in [0, 0.05) is 0 Å². The van der Waals surface area contributed by atoms with Crippen LogP contribution in [-0.4, -0.2) is 63.3 Å². The van der Waals surface area contributed by atoms with Gasteiger partial charge in [0.1, 0.15) is 29.5 Å². The number of hydrogen-bond acceptors (Lipinski definition) is 10. The molecule has 1 aromatic heterocycles. The van der Waals surface area contributed by atoms with E-state index in [1.165, 1.54) is 19.1 Å². The zero-order valence-electron chi connectivity index (χ0n) is 20.8. The minimum Gasteiger partial charge on any atom is -0.463 e. The third-order valence-corrected chi connectivity index (χ3v) is 8.16. The number of rotatable bonds is 11. The first-order chi connectivity index (χ1) is 17.8. The normalized spacial score (nSPS) is 25.6. The van der Waals surface area contributed by atoms with Crippen molar-refractivity contribution < 1.29 is 41.8 Å². The molecule has 1 aromatic carbocycles. The number of benzene rings is 1. The van der Waals surface area contributed by atoms with Crippen molar-refractivity contribution in [2.24, 2.45) is 5.92 Å². The smallest absolute Gasteiger partial charge is 0.380 e. The summed E-state index contributed by atoms with van der Waals surface area (Å²) in [5.41, 5.74) is 4.19. The summed E-state index contributed by atoms with van der Waals surface area (Å²) in [7, 11) is -4.13. The number of aromatic nitrogens is 2. The van der Waals surface area contributed by atoms with Crippen LogP contribution in [0.5, 0.6) is 5.75 Å². The van der Waals surface area contributed by atoms with E-state index < -0.39 is 85.7 Å². The maximum Gasteiger partial charge on any atom is 0.380 e. The van der Waals surface area contributed by atoms with Crippen LogP contribution in [0.15, 0.2) is 41.3 Å². The number of para-hydroxylation sites is 1. The van der Waals surface area contributed by atoms with Crippen LogP contribution in [0.3, 0.4) is 0 Å². The number of aliphatic hydroxyl groups is 1. The first-order valence-electron chi connectivity index (χ1n) is 11.6. The summed E-state index contributed by atoms with van der Waals surface area (Å²) in [4.78, 5) is 25.7. The van der Waals surface area contributed by atoms with Crippen molar-refractivity contribution in [1.82, 2.24) is 9.55 Å². The van der Waals surface area contributed by atoms with Gasteiger partial charge in [-0.2, -0.15) is 4.98 Å². The Morgan fingerprint density at radius 3 is 2.61 bits per heavy atom. The number of hydrogen-bond donors (Lipinski definition) is 2. The highest BCUT2D eigenvalue weighted by molar-refractivity contribution is 7.54. The summed E-state index contributed by atoms with van der Waals surface area (Å²) >= 11 is 6.31. The molecule has 6 atom stereocenters. The molecular weight excluding hydrogens is 551 g/mol. The molecule has 11 nitrogen and oxygen atoms in total. The molecule has 1 unspecified atom stereocenters. The first kappa shape index (κ1) is 30.0. The fraction of sp³-hybridized carbons (Fsp3) is 0.522. The summed E-state index contributed by atoms with van der Waals surface area (Å²) in [6.45, 7) is 2.75. The summed E-state index contributed by atoms with van der Waals surface area (Å²) in [5, 5.41) is 10.8. The van der Waals surface area contributed by atoms with Gasteiger partial charge < -0.3 is 24.8 Å². The lowest BCUT2D eigenvalue weighted by Gasteiger charge is -2.28. The summed E-state index contributed by atoms with van der Waals surface area (Å²) in [6, 6.07) is 8.01. The number of halogens is 3. The molecule has 0 saturated carbocycles. The lowest BCUT2D eigenvalue weighted by atomic mass is 10.00. The number of esters is 1.